The number of phenolic OH excluding ortho intramolecular Hbond substituents is 1. The third-order valence-electron chi connectivity index (χ3n) is 3.58. The van der Waals surface area contributed by atoms with E-state index in [0.29, 0.717) is 5.75 Å². The summed E-state index contributed by atoms with van der Waals surface area (Å²) < 4.78 is 5.38. The van der Waals surface area contributed by atoms with Crippen molar-refractivity contribution in [2.75, 3.05) is 7.11 Å². The Morgan fingerprint density at radius 2 is 1.70 bits per heavy atom. The van der Waals surface area contributed by atoms with Gasteiger partial charge in [-0.15, -0.1) is 0 Å². The van der Waals surface area contributed by atoms with Crippen LogP contribution in [0.2, 0.25) is 0 Å². The number of methoxy groups -OCH3 is 1. The molecule has 0 radical (unpaired) electrons. The van der Waals surface area contributed by atoms with Crippen LogP contribution < -0.4 is 4.74 Å². The number of benzene rings is 3. The summed E-state index contributed by atoms with van der Waals surface area (Å²) in [7, 11) is 1.62. The number of hydrogen-bond acceptors (Lipinski definition) is 2. The van der Waals surface area contributed by atoms with Crippen LogP contribution in [0.4, 0.5) is 0 Å². The molecule has 0 heterocycles. The first-order valence-corrected chi connectivity index (χ1v) is 6.57. The molecule has 0 amide bonds. The summed E-state index contributed by atoms with van der Waals surface area (Å²) in [5.74, 6) is 0.951. The van der Waals surface area contributed by atoms with Gasteiger partial charge in [0.2, 0.25) is 0 Å². The van der Waals surface area contributed by atoms with E-state index < -0.39 is 0 Å². The van der Waals surface area contributed by atoms with E-state index in [4.69, 9.17) is 4.74 Å². The van der Waals surface area contributed by atoms with E-state index >= 15 is 0 Å². The summed E-state index contributed by atoms with van der Waals surface area (Å²) in [5.41, 5.74) is 3.33. The lowest BCUT2D eigenvalue weighted by molar-refractivity contribution is 0.416. The van der Waals surface area contributed by atoms with Gasteiger partial charge in [0.1, 0.15) is 11.5 Å². The first-order chi connectivity index (χ1) is 9.72. The van der Waals surface area contributed by atoms with Crippen LogP contribution in [0.25, 0.3) is 21.9 Å². The zero-order valence-corrected chi connectivity index (χ0v) is 11.6. The Hall–Kier alpha value is -2.48. The zero-order chi connectivity index (χ0) is 14.1. The van der Waals surface area contributed by atoms with Crippen molar-refractivity contribution in [2.45, 2.75) is 6.92 Å². The first kappa shape index (κ1) is 12.5. The maximum atomic E-state index is 10.3. The second-order valence-electron chi connectivity index (χ2n) is 4.84. The van der Waals surface area contributed by atoms with E-state index in [0.717, 1.165) is 27.5 Å². The first-order valence-electron chi connectivity index (χ1n) is 6.57. The Morgan fingerprint density at radius 3 is 2.40 bits per heavy atom. The third kappa shape index (κ3) is 1.90. The highest BCUT2D eigenvalue weighted by Crippen LogP contribution is 2.41. The number of rotatable bonds is 2. The minimum Gasteiger partial charge on any atom is -0.507 e. The summed E-state index contributed by atoms with van der Waals surface area (Å²) in [4.78, 5) is 0. The fourth-order valence-electron chi connectivity index (χ4n) is 2.72. The summed E-state index contributed by atoms with van der Waals surface area (Å²) in [6.45, 7) is 2.01. The van der Waals surface area contributed by atoms with E-state index in [1.807, 2.05) is 43.3 Å². The summed E-state index contributed by atoms with van der Waals surface area (Å²) in [6, 6.07) is 17.8. The SMILES string of the molecule is COc1cccc2c(-c3ccccc3)c(C)cc(O)c12. The van der Waals surface area contributed by atoms with Crippen molar-refractivity contribution in [3.05, 3.63) is 60.2 Å². The van der Waals surface area contributed by atoms with Crippen LogP contribution in [-0.4, -0.2) is 12.2 Å². The van der Waals surface area contributed by atoms with Crippen molar-refractivity contribution >= 4 is 10.8 Å². The van der Waals surface area contributed by atoms with E-state index in [1.165, 1.54) is 0 Å². The number of phenols is 1. The number of ether oxygens (including phenoxy) is 1. The van der Waals surface area contributed by atoms with Gasteiger partial charge >= 0.3 is 0 Å². The van der Waals surface area contributed by atoms with Crippen LogP contribution in [0.3, 0.4) is 0 Å². The predicted molar refractivity (Wildman–Crippen MR) is 82.3 cm³/mol. The van der Waals surface area contributed by atoms with Gasteiger partial charge in [0, 0.05) is 0 Å². The van der Waals surface area contributed by atoms with Crippen molar-refractivity contribution in [3.8, 4) is 22.6 Å². The van der Waals surface area contributed by atoms with Crippen molar-refractivity contribution in [3.63, 3.8) is 0 Å². The molecule has 3 aromatic carbocycles. The van der Waals surface area contributed by atoms with Crippen molar-refractivity contribution in [1.29, 1.82) is 0 Å². The Balaban J connectivity index is 2.44. The molecule has 0 aromatic heterocycles. The largest absolute Gasteiger partial charge is 0.507 e. The van der Waals surface area contributed by atoms with Crippen LogP contribution in [-0.2, 0) is 0 Å². The molecule has 2 nitrogen and oxygen atoms in total. The molecule has 0 aliphatic carbocycles. The summed E-state index contributed by atoms with van der Waals surface area (Å²) in [5, 5.41) is 12.0. The molecule has 0 unspecified atom stereocenters. The maximum Gasteiger partial charge on any atom is 0.130 e. The Kier molecular flexibility index (Phi) is 3.07. The number of aryl methyl sites for hydroxylation is 1. The Morgan fingerprint density at radius 1 is 0.950 bits per heavy atom. The van der Waals surface area contributed by atoms with E-state index in [2.05, 4.69) is 12.1 Å². The molecular formula is C18H16O2. The van der Waals surface area contributed by atoms with Crippen LogP contribution in [0, 0.1) is 6.92 Å². The second kappa shape index (κ2) is 4.89. The molecule has 0 saturated carbocycles. The van der Waals surface area contributed by atoms with Gasteiger partial charge in [-0.3, -0.25) is 0 Å². The smallest absolute Gasteiger partial charge is 0.130 e. The quantitative estimate of drug-likeness (QED) is 0.737. The standard InChI is InChI=1S/C18H16O2/c1-12-11-15(19)18-14(9-6-10-16(18)20-2)17(12)13-7-4-3-5-8-13/h3-11,19H,1-2H3. The zero-order valence-electron chi connectivity index (χ0n) is 11.6. The number of hydrogen-bond donors (Lipinski definition) is 1. The highest BCUT2D eigenvalue weighted by Gasteiger charge is 2.14. The van der Waals surface area contributed by atoms with Crippen molar-refractivity contribution in [2.24, 2.45) is 0 Å². The van der Waals surface area contributed by atoms with Gasteiger partial charge in [-0.25, -0.2) is 0 Å². The highest BCUT2D eigenvalue weighted by atomic mass is 16.5. The highest BCUT2D eigenvalue weighted by molar-refractivity contribution is 6.04. The minimum atomic E-state index is 0.259. The topological polar surface area (TPSA) is 29.5 Å². The molecule has 1 N–H and O–H groups in total. The lowest BCUT2D eigenvalue weighted by atomic mass is 9.93. The van der Waals surface area contributed by atoms with E-state index in [9.17, 15) is 5.11 Å². The molecule has 3 rings (SSSR count). The van der Waals surface area contributed by atoms with Crippen LogP contribution in [0.5, 0.6) is 11.5 Å². The second-order valence-corrected chi connectivity index (χ2v) is 4.84. The normalized spacial score (nSPS) is 10.7. The number of aromatic hydroxyl groups is 1. The molecule has 0 bridgehead atoms. The third-order valence-corrected chi connectivity index (χ3v) is 3.58. The van der Waals surface area contributed by atoms with Gasteiger partial charge < -0.3 is 9.84 Å². The van der Waals surface area contributed by atoms with E-state index in [1.54, 1.807) is 13.2 Å². The fraction of sp³-hybridized carbons (Fsp3) is 0.111. The average Bonchev–Trinajstić information content (AvgIpc) is 2.47. The molecule has 0 aliphatic rings. The minimum absolute atomic E-state index is 0.259. The summed E-state index contributed by atoms with van der Waals surface area (Å²) in [6.07, 6.45) is 0. The van der Waals surface area contributed by atoms with Gasteiger partial charge in [0.25, 0.3) is 0 Å². The molecule has 20 heavy (non-hydrogen) atoms. The van der Waals surface area contributed by atoms with Crippen molar-refractivity contribution < 1.29 is 9.84 Å². The molecule has 2 heteroatoms. The molecule has 0 fully saturated rings. The molecule has 100 valence electrons. The fourth-order valence-corrected chi connectivity index (χ4v) is 2.72. The molecule has 0 spiro atoms. The van der Waals surface area contributed by atoms with Gasteiger partial charge in [0.15, 0.2) is 0 Å². The Labute approximate surface area is 118 Å². The molecule has 3 aromatic rings. The monoisotopic (exact) mass is 264 g/mol. The molecule has 0 atom stereocenters. The van der Waals surface area contributed by atoms with Gasteiger partial charge in [-0.05, 0) is 41.1 Å². The summed E-state index contributed by atoms with van der Waals surface area (Å²) >= 11 is 0. The lowest BCUT2D eigenvalue weighted by Crippen LogP contribution is -1.90. The maximum absolute atomic E-state index is 10.3. The van der Waals surface area contributed by atoms with Gasteiger partial charge in [-0.2, -0.15) is 0 Å². The lowest BCUT2D eigenvalue weighted by Gasteiger charge is -2.14. The average molecular weight is 264 g/mol. The Bertz CT molecular complexity index is 761. The van der Waals surface area contributed by atoms with Gasteiger partial charge in [0.05, 0.1) is 12.5 Å². The van der Waals surface area contributed by atoms with Crippen LogP contribution >= 0.6 is 0 Å². The van der Waals surface area contributed by atoms with Crippen molar-refractivity contribution in [1.82, 2.24) is 0 Å². The number of fused-ring (bicyclic) bond motifs is 1. The molecular weight excluding hydrogens is 248 g/mol. The van der Waals surface area contributed by atoms with E-state index in [-0.39, 0.29) is 5.75 Å². The predicted octanol–water partition coefficient (Wildman–Crippen LogP) is 4.53. The van der Waals surface area contributed by atoms with Crippen LogP contribution in [0.15, 0.2) is 54.6 Å². The molecule has 0 aliphatic heterocycles. The van der Waals surface area contributed by atoms with Crippen LogP contribution in [0.1, 0.15) is 5.56 Å². The molecule has 0 saturated heterocycles. The van der Waals surface area contributed by atoms with Gasteiger partial charge in [-0.1, -0.05) is 42.5 Å².